The maximum Gasteiger partial charge on any atom is 0.328 e. The third-order valence-electron chi connectivity index (χ3n) is 3.94. The molecule has 2 aromatic carbocycles. The minimum Gasteiger partial charge on any atom is -0.309 e. The van der Waals surface area contributed by atoms with Crippen molar-refractivity contribution in [2.45, 2.75) is 13.1 Å². The van der Waals surface area contributed by atoms with Gasteiger partial charge in [0.15, 0.2) is 0 Å². The number of aryl methyl sites for hydroxylation is 2. The zero-order valence-corrected chi connectivity index (χ0v) is 14.6. The van der Waals surface area contributed by atoms with Gasteiger partial charge in [-0.25, -0.2) is 4.79 Å². The second kappa shape index (κ2) is 7.21. The van der Waals surface area contributed by atoms with Crippen LogP contribution in [0.4, 0.5) is 0 Å². The van der Waals surface area contributed by atoms with Crippen molar-refractivity contribution in [2.75, 3.05) is 0 Å². The number of aromatic nitrogens is 2. The predicted octanol–water partition coefficient (Wildman–Crippen LogP) is 3.24. The van der Waals surface area contributed by atoms with Gasteiger partial charge in [-0.3, -0.25) is 9.13 Å². The highest BCUT2D eigenvalue weighted by molar-refractivity contribution is 6.31. The van der Waals surface area contributed by atoms with Gasteiger partial charge in [0.05, 0.1) is 11.0 Å². The standard InChI is InChI=1S/C17H18ClN3O.ClH/c1-20-15-8-7-12(9-16(15)21(2)17(20)22)10-19-11-13-5-3-4-6-14(13)18;/h3-9,19H,10-11H2,1-2H3;1H. The SMILES string of the molecule is Cl.Cn1c(=O)n(C)c2cc(CNCc3ccccc3Cl)ccc21. The smallest absolute Gasteiger partial charge is 0.309 e. The van der Waals surface area contributed by atoms with Crippen LogP contribution in [0.5, 0.6) is 0 Å². The molecule has 0 saturated heterocycles. The van der Waals surface area contributed by atoms with E-state index < -0.39 is 0 Å². The molecule has 0 amide bonds. The van der Waals surface area contributed by atoms with Crippen LogP contribution in [0.3, 0.4) is 0 Å². The topological polar surface area (TPSA) is 39.0 Å². The number of halogens is 2. The van der Waals surface area contributed by atoms with E-state index >= 15 is 0 Å². The fourth-order valence-electron chi connectivity index (χ4n) is 2.65. The van der Waals surface area contributed by atoms with Crippen LogP contribution in [-0.2, 0) is 27.2 Å². The number of nitrogens with zero attached hydrogens (tertiary/aromatic N) is 2. The average molecular weight is 352 g/mol. The highest BCUT2D eigenvalue weighted by atomic mass is 35.5. The lowest BCUT2D eigenvalue weighted by Crippen LogP contribution is -2.19. The summed E-state index contributed by atoms with van der Waals surface area (Å²) in [6, 6.07) is 13.9. The van der Waals surface area contributed by atoms with E-state index in [0.717, 1.165) is 33.7 Å². The van der Waals surface area contributed by atoms with Gasteiger partial charge in [0, 0.05) is 32.2 Å². The number of fused-ring (bicyclic) bond motifs is 1. The molecule has 1 heterocycles. The van der Waals surface area contributed by atoms with Crippen molar-refractivity contribution in [3.8, 4) is 0 Å². The highest BCUT2D eigenvalue weighted by Gasteiger charge is 2.08. The van der Waals surface area contributed by atoms with Crippen molar-refractivity contribution in [1.82, 2.24) is 14.5 Å². The summed E-state index contributed by atoms with van der Waals surface area (Å²) < 4.78 is 3.34. The number of imidazole rings is 1. The van der Waals surface area contributed by atoms with Gasteiger partial charge in [-0.1, -0.05) is 35.9 Å². The Morgan fingerprint density at radius 3 is 2.43 bits per heavy atom. The Balaban J connectivity index is 0.00000192. The summed E-state index contributed by atoms with van der Waals surface area (Å²) in [5.74, 6) is 0. The molecule has 23 heavy (non-hydrogen) atoms. The van der Waals surface area contributed by atoms with E-state index in [9.17, 15) is 4.79 Å². The van der Waals surface area contributed by atoms with Crippen LogP contribution in [0.2, 0.25) is 5.02 Å². The van der Waals surface area contributed by atoms with Gasteiger partial charge in [-0.2, -0.15) is 0 Å². The molecule has 3 rings (SSSR count). The Bertz CT molecular complexity index is 883. The fourth-order valence-corrected chi connectivity index (χ4v) is 2.85. The van der Waals surface area contributed by atoms with E-state index in [0.29, 0.717) is 6.54 Å². The second-order valence-electron chi connectivity index (χ2n) is 5.42. The van der Waals surface area contributed by atoms with Gasteiger partial charge in [0.1, 0.15) is 0 Å². The molecule has 1 aromatic heterocycles. The summed E-state index contributed by atoms with van der Waals surface area (Å²) in [5, 5.41) is 4.16. The first-order chi connectivity index (χ1) is 10.6. The maximum absolute atomic E-state index is 11.9. The van der Waals surface area contributed by atoms with Crippen molar-refractivity contribution in [3.63, 3.8) is 0 Å². The summed E-state index contributed by atoms with van der Waals surface area (Å²) in [5.41, 5.74) is 4.11. The average Bonchev–Trinajstić information content (AvgIpc) is 2.74. The Labute approximate surface area is 146 Å². The van der Waals surface area contributed by atoms with Crippen molar-refractivity contribution < 1.29 is 0 Å². The van der Waals surface area contributed by atoms with Gasteiger partial charge in [0.25, 0.3) is 0 Å². The van der Waals surface area contributed by atoms with Crippen LogP contribution in [0, 0.1) is 0 Å². The third kappa shape index (κ3) is 3.44. The first kappa shape index (κ1) is 17.6. The quantitative estimate of drug-likeness (QED) is 0.783. The van der Waals surface area contributed by atoms with Crippen LogP contribution in [0.25, 0.3) is 11.0 Å². The minimum absolute atomic E-state index is 0. The molecule has 3 aromatic rings. The van der Waals surface area contributed by atoms with E-state index in [4.69, 9.17) is 11.6 Å². The normalized spacial score (nSPS) is 10.7. The summed E-state index contributed by atoms with van der Waals surface area (Å²) in [6.45, 7) is 1.44. The molecule has 0 bridgehead atoms. The predicted molar refractivity (Wildman–Crippen MR) is 97.4 cm³/mol. The maximum atomic E-state index is 11.9. The van der Waals surface area contributed by atoms with Crippen LogP contribution < -0.4 is 11.0 Å². The molecule has 0 aliphatic heterocycles. The fraction of sp³-hybridized carbons (Fsp3) is 0.235. The van der Waals surface area contributed by atoms with E-state index in [2.05, 4.69) is 11.4 Å². The molecule has 4 nitrogen and oxygen atoms in total. The molecule has 1 N–H and O–H groups in total. The zero-order chi connectivity index (χ0) is 15.7. The molecule has 0 spiro atoms. The molecular formula is C17H19Cl2N3O. The van der Waals surface area contributed by atoms with E-state index in [1.807, 2.05) is 36.4 Å². The lowest BCUT2D eigenvalue weighted by Gasteiger charge is -2.07. The van der Waals surface area contributed by atoms with Gasteiger partial charge in [0.2, 0.25) is 0 Å². The van der Waals surface area contributed by atoms with E-state index in [-0.39, 0.29) is 18.1 Å². The number of hydrogen-bond acceptors (Lipinski definition) is 2. The molecule has 0 fully saturated rings. The Kier molecular flexibility index (Phi) is 5.52. The highest BCUT2D eigenvalue weighted by Crippen LogP contribution is 2.16. The molecule has 0 unspecified atom stereocenters. The van der Waals surface area contributed by atoms with Crippen LogP contribution >= 0.6 is 24.0 Å². The Morgan fingerprint density at radius 2 is 1.70 bits per heavy atom. The molecule has 0 aliphatic carbocycles. The number of nitrogens with one attached hydrogen (secondary N) is 1. The number of benzene rings is 2. The van der Waals surface area contributed by atoms with Crippen LogP contribution in [0.15, 0.2) is 47.3 Å². The Hall–Kier alpha value is -1.75. The summed E-state index contributed by atoms with van der Waals surface area (Å²) in [6.07, 6.45) is 0. The minimum atomic E-state index is -0.00354. The molecule has 0 saturated carbocycles. The van der Waals surface area contributed by atoms with Crippen molar-refractivity contribution in [3.05, 3.63) is 69.1 Å². The third-order valence-corrected chi connectivity index (χ3v) is 4.31. The molecule has 122 valence electrons. The lowest BCUT2D eigenvalue weighted by atomic mass is 10.2. The molecular weight excluding hydrogens is 333 g/mol. The summed E-state index contributed by atoms with van der Waals surface area (Å²) in [4.78, 5) is 11.9. The summed E-state index contributed by atoms with van der Waals surface area (Å²) in [7, 11) is 3.59. The first-order valence-electron chi connectivity index (χ1n) is 7.16. The largest absolute Gasteiger partial charge is 0.328 e. The van der Waals surface area contributed by atoms with Gasteiger partial charge >= 0.3 is 5.69 Å². The molecule has 0 atom stereocenters. The van der Waals surface area contributed by atoms with Crippen LogP contribution in [0.1, 0.15) is 11.1 Å². The first-order valence-corrected chi connectivity index (χ1v) is 7.54. The monoisotopic (exact) mass is 351 g/mol. The zero-order valence-electron chi connectivity index (χ0n) is 13.0. The van der Waals surface area contributed by atoms with Crippen molar-refractivity contribution >= 4 is 35.0 Å². The number of rotatable bonds is 4. The second-order valence-corrected chi connectivity index (χ2v) is 5.83. The molecule has 0 radical (unpaired) electrons. The Morgan fingerprint density at radius 1 is 1.00 bits per heavy atom. The van der Waals surface area contributed by atoms with Crippen molar-refractivity contribution in [1.29, 1.82) is 0 Å². The van der Waals surface area contributed by atoms with Gasteiger partial charge in [-0.15, -0.1) is 12.4 Å². The van der Waals surface area contributed by atoms with Crippen molar-refractivity contribution in [2.24, 2.45) is 14.1 Å². The lowest BCUT2D eigenvalue weighted by molar-refractivity contribution is 0.694. The van der Waals surface area contributed by atoms with E-state index in [1.165, 1.54) is 0 Å². The molecule has 0 aliphatic rings. The van der Waals surface area contributed by atoms with E-state index in [1.54, 1.807) is 23.2 Å². The number of hydrogen-bond donors (Lipinski definition) is 1. The van der Waals surface area contributed by atoms with Crippen LogP contribution in [-0.4, -0.2) is 9.13 Å². The molecule has 6 heteroatoms. The van der Waals surface area contributed by atoms with Gasteiger partial charge < -0.3 is 5.32 Å². The van der Waals surface area contributed by atoms with Gasteiger partial charge in [-0.05, 0) is 29.3 Å². The summed E-state index contributed by atoms with van der Waals surface area (Å²) >= 11 is 6.14.